The summed E-state index contributed by atoms with van der Waals surface area (Å²) >= 11 is 0. The zero-order valence-electron chi connectivity index (χ0n) is 12.5. The molecule has 0 N–H and O–H groups in total. The zero-order valence-corrected chi connectivity index (χ0v) is 12.5. The second-order valence-corrected chi connectivity index (χ2v) is 5.06. The van der Waals surface area contributed by atoms with Crippen molar-refractivity contribution >= 4 is 17.4 Å². The van der Waals surface area contributed by atoms with Crippen LogP contribution in [0.5, 0.6) is 0 Å². The summed E-state index contributed by atoms with van der Waals surface area (Å²) in [6.45, 7) is 2.19. The van der Waals surface area contributed by atoms with E-state index in [9.17, 15) is 4.79 Å². The molecule has 2 aromatic carbocycles. The molecule has 0 spiro atoms. The Kier molecular flexibility index (Phi) is 4.19. The van der Waals surface area contributed by atoms with Crippen molar-refractivity contribution in [2.24, 2.45) is 5.10 Å². The summed E-state index contributed by atoms with van der Waals surface area (Å²) in [5, 5.41) is 6.43. The van der Waals surface area contributed by atoms with Gasteiger partial charge >= 0.3 is 5.97 Å². The van der Waals surface area contributed by atoms with E-state index in [0.29, 0.717) is 13.0 Å². The summed E-state index contributed by atoms with van der Waals surface area (Å²) < 4.78 is 5.21. The molecule has 0 aliphatic carbocycles. The van der Waals surface area contributed by atoms with Gasteiger partial charge in [-0.15, -0.1) is 0 Å². The van der Waals surface area contributed by atoms with Crippen LogP contribution in [-0.4, -0.2) is 24.3 Å². The van der Waals surface area contributed by atoms with Crippen LogP contribution in [0.3, 0.4) is 0 Å². The Morgan fingerprint density at radius 2 is 1.77 bits per heavy atom. The van der Waals surface area contributed by atoms with Crippen LogP contribution < -0.4 is 5.01 Å². The number of para-hydroxylation sites is 1. The molecule has 112 valence electrons. The number of anilines is 1. The van der Waals surface area contributed by atoms with Crippen molar-refractivity contribution in [3.8, 4) is 0 Å². The molecule has 0 bridgehead atoms. The number of ether oxygens (including phenoxy) is 1. The number of esters is 1. The number of benzene rings is 2. The van der Waals surface area contributed by atoms with Crippen molar-refractivity contribution in [1.82, 2.24) is 0 Å². The fourth-order valence-electron chi connectivity index (χ4n) is 2.56. The van der Waals surface area contributed by atoms with Gasteiger partial charge in [-0.1, -0.05) is 48.5 Å². The predicted molar refractivity (Wildman–Crippen MR) is 86.9 cm³/mol. The second kappa shape index (κ2) is 6.43. The smallest absolute Gasteiger partial charge is 0.331 e. The highest BCUT2D eigenvalue weighted by Gasteiger charge is 2.35. The van der Waals surface area contributed by atoms with Crippen molar-refractivity contribution in [1.29, 1.82) is 0 Å². The van der Waals surface area contributed by atoms with E-state index in [0.717, 1.165) is 17.0 Å². The fraction of sp³-hybridized carbons (Fsp3) is 0.222. The maximum absolute atomic E-state index is 12.3. The molecule has 0 fully saturated rings. The van der Waals surface area contributed by atoms with Gasteiger partial charge in [0, 0.05) is 6.42 Å². The van der Waals surface area contributed by atoms with E-state index in [1.165, 1.54) is 0 Å². The molecule has 0 unspecified atom stereocenters. The monoisotopic (exact) mass is 294 g/mol. The lowest BCUT2D eigenvalue weighted by molar-refractivity contribution is -0.144. The molecular weight excluding hydrogens is 276 g/mol. The minimum Gasteiger partial charge on any atom is -0.464 e. The second-order valence-electron chi connectivity index (χ2n) is 5.06. The molecular formula is C18H18N2O2. The van der Waals surface area contributed by atoms with Crippen LogP contribution in [0.1, 0.15) is 18.9 Å². The van der Waals surface area contributed by atoms with Gasteiger partial charge in [0.05, 0.1) is 18.0 Å². The van der Waals surface area contributed by atoms with E-state index in [1.54, 1.807) is 5.01 Å². The number of carbonyl (C=O) groups excluding carboxylic acids is 1. The van der Waals surface area contributed by atoms with Crippen LogP contribution in [0.25, 0.3) is 0 Å². The first-order valence-corrected chi connectivity index (χ1v) is 7.43. The largest absolute Gasteiger partial charge is 0.464 e. The number of hydrogen-bond donors (Lipinski definition) is 0. The van der Waals surface area contributed by atoms with Gasteiger partial charge in [0.25, 0.3) is 0 Å². The fourth-order valence-corrected chi connectivity index (χ4v) is 2.56. The van der Waals surface area contributed by atoms with Crippen LogP contribution in [0.15, 0.2) is 65.8 Å². The van der Waals surface area contributed by atoms with Crippen molar-refractivity contribution < 1.29 is 9.53 Å². The first-order valence-electron chi connectivity index (χ1n) is 7.43. The molecule has 0 aromatic heterocycles. The topological polar surface area (TPSA) is 41.9 Å². The Morgan fingerprint density at radius 1 is 1.14 bits per heavy atom. The Morgan fingerprint density at radius 3 is 2.41 bits per heavy atom. The van der Waals surface area contributed by atoms with E-state index >= 15 is 0 Å². The molecule has 0 amide bonds. The average molecular weight is 294 g/mol. The van der Waals surface area contributed by atoms with E-state index in [4.69, 9.17) is 4.74 Å². The molecule has 22 heavy (non-hydrogen) atoms. The molecule has 1 heterocycles. The van der Waals surface area contributed by atoms with Crippen LogP contribution in [0, 0.1) is 0 Å². The standard InChI is InChI=1S/C18H18N2O2/c1-2-22-18(21)17-13-16(14-9-5-3-6-10-14)19-20(17)15-11-7-4-8-12-15/h3-12,17H,2,13H2,1H3/t17-/m0/s1. The van der Waals surface area contributed by atoms with Gasteiger partial charge in [0.1, 0.15) is 0 Å². The van der Waals surface area contributed by atoms with Crippen LogP contribution in [0.4, 0.5) is 5.69 Å². The minimum absolute atomic E-state index is 0.235. The summed E-state index contributed by atoms with van der Waals surface area (Å²) in [7, 11) is 0. The molecule has 4 nitrogen and oxygen atoms in total. The normalized spacial score (nSPS) is 17.2. The summed E-state index contributed by atoms with van der Waals surface area (Å²) in [4.78, 5) is 12.3. The molecule has 0 radical (unpaired) electrons. The highest BCUT2D eigenvalue weighted by Crippen LogP contribution is 2.27. The van der Waals surface area contributed by atoms with Gasteiger partial charge < -0.3 is 4.74 Å². The number of hydrogen-bond acceptors (Lipinski definition) is 4. The molecule has 1 atom stereocenters. The van der Waals surface area contributed by atoms with Crippen molar-refractivity contribution in [3.63, 3.8) is 0 Å². The maximum atomic E-state index is 12.3. The SMILES string of the molecule is CCOC(=O)[C@@H]1CC(c2ccccc2)=NN1c1ccccc1. The summed E-state index contributed by atoms with van der Waals surface area (Å²) in [5.41, 5.74) is 2.84. The predicted octanol–water partition coefficient (Wildman–Crippen LogP) is 3.23. The van der Waals surface area contributed by atoms with Gasteiger partial charge in [-0.05, 0) is 24.6 Å². The lowest BCUT2D eigenvalue weighted by atomic mass is 10.0. The molecule has 2 aromatic rings. The number of rotatable bonds is 4. The summed E-state index contributed by atoms with van der Waals surface area (Å²) in [6.07, 6.45) is 0.553. The average Bonchev–Trinajstić information content (AvgIpc) is 3.02. The van der Waals surface area contributed by atoms with E-state index in [1.807, 2.05) is 67.6 Å². The summed E-state index contributed by atoms with van der Waals surface area (Å²) in [6, 6.07) is 19.2. The first kappa shape index (κ1) is 14.3. The van der Waals surface area contributed by atoms with Gasteiger partial charge in [-0.25, -0.2) is 4.79 Å². The van der Waals surface area contributed by atoms with Gasteiger partial charge in [-0.3, -0.25) is 5.01 Å². The Bertz CT molecular complexity index is 668. The highest BCUT2D eigenvalue weighted by atomic mass is 16.5. The van der Waals surface area contributed by atoms with Crippen molar-refractivity contribution in [2.75, 3.05) is 11.6 Å². The van der Waals surface area contributed by atoms with Crippen LogP contribution in [-0.2, 0) is 9.53 Å². The lowest BCUT2D eigenvalue weighted by Crippen LogP contribution is -2.35. The Labute approximate surface area is 130 Å². The highest BCUT2D eigenvalue weighted by molar-refractivity contribution is 6.06. The molecule has 1 aliphatic heterocycles. The Balaban J connectivity index is 1.94. The first-order chi connectivity index (χ1) is 10.8. The molecule has 0 saturated heterocycles. The maximum Gasteiger partial charge on any atom is 0.331 e. The quantitative estimate of drug-likeness (QED) is 0.813. The summed E-state index contributed by atoms with van der Waals surface area (Å²) in [5.74, 6) is -0.235. The van der Waals surface area contributed by atoms with Crippen LogP contribution >= 0.6 is 0 Å². The van der Waals surface area contributed by atoms with E-state index in [-0.39, 0.29) is 5.97 Å². The third-order valence-corrected chi connectivity index (χ3v) is 3.60. The molecule has 4 heteroatoms. The number of nitrogens with zero attached hydrogens (tertiary/aromatic N) is 2. The van der Waals surface area contributed by atoms with Crippen LogP contribution in [0.2, 0.25) is 0 Å². The van der Waals surface area contributed by atoms with Crippen molar-refractivity contribution in [2.45, 2.75) is 19.4 Å². The Hall–Kier alpha value is -2.62. The number of carbonyl (C=O) groups is 1. The van der Waals surface area contributed by atoms with Crippen molar-refractivity contribution in [3.05, 3.63) is 66.2 Å². The van der Waals surface area contributed by atoms with E-state index in [2.05, 4.69) is 5.10 Å². The van der Waals surface area contributed by atoms with Gasteiger partial charge in [-0.2, -0.15) is 5.10 Å². The molecule has 1 aliphatic rings. The van der Waals surface area contributed by atoms with Gasteiger partial charge in [0.2, 0.25) is 0 Å². The lowest BCUT2D eigenvalue weighted by Gasteiger charge is -2.21. The molecule has 0 saturated carbocycles. The zero-order chi connectivity index (χ0) is 15.4. The third kappa shape index (κ3) is 2.86. The number of hydrazone groups is 1. The molecule has 3 rings (SSSR count). The minimum atomic E-state index is -0.405. The third-order valence-electron chi connectivity index (χ3n) is 3.60. The van der Waals surface area contributed by atoms with Gasteiger partial charge in [0.15, 0.2) is 6.04 Å². The van der Waals surface area contributed by atoms with E-state index < -0.39 is 6.04 Å².